The van der Waals surface area contributed by atoms with Gasteiger partial charge >= 0.3 is 0 Å². The molecule has 1 aromatic heterocycles. The SMILES string of the molecule is COc1ccc(-n2c(=C(C#N)C#N)s/c(=C/c3ccc(C)cc3C)c2=O)cc1. The van der Waals surface area contributed by atoms with Gasteiger partial charge in [0.05, 0.1) is 17.3 Å². The van der Waals surface area contributed by atoms with E-state index in [1.807, 2.05) is 44.2 Å². The summed E-state index contributed by atoms with van der Waals surface area (Å²) in [5, 5.41) is 18.7. The fourth-order valence-corrected chi connectivity index (χ4v) is 3.91. The highest BCUT2D eigenvalue weighted by Crippen LogP contribution is 2.14. The van der Waals surface area contributed by atoms with Gasteiger partial charge in [-0.2, -0.15) is 10.5 Å². The first kappa shape index (κ1) is 19.2. The number of methoxy groups -OCH3 is 1. The Labute approximate surface area is 166 Å². The van der Waals surface area contributed by atoms with Gasteiger partial charge in [0.25, 0.3) is 5.56 Å². The van der Waals surface area contributed by atoms with Crippen LogP contribution in [0, 0.1) is 36.5 Å². The molecule has 6 heteroatoms. The fraction of sp³-hybridized carbons (Fsp3) is 0.136. The van der Waals surface area contributed by atoms with Gasteiger partial charge in [-0.15, -0.1) is 11.3 Å². The second-order valence-corrected chi connectivity index (χ2v) is 7.24. The molecular weight excluding hydrogens is 370 g/mol. The van der Waals surface area contributed by atoms with Gasteiger partial charge in [-0.25, -0.2) is 0 Å². The molecule has 0 aliphatic heterocycles. The maximum Gasteiger partial charge on any atom is 0.273 e. The second kappa shape index (κ2) is 7.96. The molecule has 0 saturated carbocycles. The lowest BCUT2D eigenvalue weighted by Crippen LogP contribution is -2.30. The summed E-state index contributed by atoms with van der Waals surface area (Å²) >= 11 is 1.14. The average Bonchev–Trinajstić information content (AvgIpc) is 3.01. The number of nitrogens with zero attached hydrogens (tertiary/aromatic N) is 3. The Morgan fingerprint density at radius 1 is 1.11 bits per heavy atom. The molecule has 1 heterocycles. The zero-order valence-electron chi connectivity index (χ0n) is 15.7. The van der Waals surface area contributed by atoms with Crippen molar-refractivity contribution in [3.63, 3.8) is 0 Å². The zero-order chi connectivity index (χ0) is 20.3. The lowest BCUT2D eigenvalue weighted by molar-refractivity contribution is 0.414. The lowest BCUT2D eigenvalue weighted by atomic mass is 10.1. The molecular formula is C22H17N3O2S. The number of thiazole rings is 1. The van der Waals surface area contributed by atoms with Crippen LogP contribution >= 0.6 is 11.3 Å². The molecule has 0 saturated heterocycles. The van der Waals surface area contributed by atoms with Gasteiger partial charge in [0, 0.05) is 0 Å². The molecule has 0 aliphatic carbocycles. The molecule has 3 aromatic rings. The lowest BCUT2D eigenvalue weighted by Gasteiger charge is -2.04. The summed E-state index contributed by atoms with van der Waals surface area (Å²) in [5.41, 5.74) is 3.32. The van der Waals surface area contributed by atoms with E-state index in [1.165, 1.54) is 4.57 Å². The van der Waals surface area contributed by atoms with Gasteiger partial charge in [-0.3, -0.25) is 9.36 Å². The summed E-state index contributed by atoms with van der Waals surface area (Å²) in [6, 6.07) is 16.7. The Hall–Kier alpha value is -3.61. The van der Waals surface area contributed by atoms with Crippen LogP contribution in [0.15, 0.2) is 47.3 Å². The summed E-state index contributed by atoms with van der Waals surface area (Å²) in [5.74, 6) is 0.653. The summed E-state index contributed by atoms with van der Waals surface area (Å²) < 4.78 is 7.34. The molecule has 0 bridgehead atoms. The third kappa shape index (κ3) is 3.59. The Bertz CT molecular complexity index is 1280. The van der Waals surface area contributed by atoms with Gasteiger partial charge in [-0.05, 0) is 55.3 Å². The van der Waals surface area contributed by atoms with Crippen LogP contribution in [-0.4, -0.2) is 11.7 Å². The van der Waals surface area contributed by atoms with Crippen molar-refractivity contribution in [3.8, 4) is 23.6 Å². The van der Waals surface area contributed by atoms with Crippen LogP contribution in [0.25, 0.3) is 17.3 Å². The van der Waals surface area contributed by atoms with Crippen LogP contribution in [0.1, 0.15) is 16.7 Å². The molecule has 0 fully saturated rings. The fourth-order valence-electron chi connectivity index (χ4n) is 2.87. The standard InChI is InChI=1S/C22H17N3O2S/c1-14-4-5-16(15(2)10-14)11-20-21(26)25(22(28-20)17(12-23)13-24)18-6-8-19(27-3)9-7-18/h4-11H,1-3H3/b20-11+. The minimum Gasteiger partial charge on any atom is -0.497 e. The van der Waals surface area contributed by atoms with E-state index in [1.54, 1.807) is 37.5 Å². The average molecular weight is 387 g/mol. The van der Waals surface area contributed by atoms with E-state index in [0.717, 1.165) is 28.0 Å². The third-order valence-electron chi connectivity index (χ3n) is 4.30. The largest absolute Gasteiger partial charge is 0.497 e. The Morgan fingerprint density at radius 3 is 2.36 bits per heavy atom. The van der Waals surface area contributed by atoms with Crippen LogP contribution < -0.4 is 19.5 Å². The molecule has 0 N–H and O–H groups in total. The molecule has 0 amide bonds. The van der Waals surface area contributed by atoms with Crippen molar-refractivity contribution in [1.82, 2.24) is 4.57 Å². The van der Waals surface area contributed by atoms with Crippen LogP contribution in [0.3, 0.4) is 0 Å². The first-order valence-corrected chi connectivity index (χ1v) is 9.30. The maximum atomic E-state index is 13.1. The molecule has 5 nitrogen and oxygen atoms in total. The van der Waals surface area contributed by atoms with E-state index in [9.17, 15) is 15.3 Å². The van der Waals surface area contributed by atoms with Crippen LogP contribution in [0.5, 0.6) is 5.75 Å². The minimum atomic E-state index is -0.270. The molecule has 0 radical (unpaired) electrons. The second-order valence-electron chi connectivity index (χ2n) is 6.21. The van der Waals surface area contributed by atoms with Gasteiger partial charge < -0.3 is 4.74 Å². The van der Waals surface area contributed by atoms with Crippen LogP contribution in [-0.2, 0) is 0 Å². The van der Waals surface area contributed by atoms with Gasteiger partial charge in [0.2, 0.25) is 0 Å². The number of benzene rings is 2. The molecule has 0 atom stereocenters. The zero-order valence-corrected chi connectivity index (χ0v) is 16.5. The van der Waals surface area contributed by atoms with Crippen molar-refractivity contribution < 1.29 is 4.74 Å². The molecule has 0 aliphatic rings. The Kier molecular flexibility index (Phi) is 5.44. The number of hydrogen-bond donors (Lipinski definition) is 0. The normalized spacial score (nSPS) is 11.0. The third-order valence-corrected chi connectivity index (χ3v) is 5.40. The van der Waals surface area contributed by atoms with E-state index in [2.05, 4.69) is 0 Å². The van der Waals surface area contributed by atoms with Crippen LogP contribution in [0.2, 0.25) is 0 Å². The Balaban J connectivity index is 2.35. The molecule has 3 rings (SSSR count). The first-order chi connectivity index (χ1) is 13.5. The summed E-state index contributed by atoms with van der Waals surface area (Å²) in [6.45, 7) is 4.00. The smallest absolute Gasteiger partial charge is 0.273 e. The number of rotatable bonds is 3. The highest BCUT2D eigenvalue weighted by Gasteiger charge is 2.11. The van der Waals surface area contributed by atoms with Crippen molar-refractivity contribution in [2.45, 2.75) is 13.8 Å². The van der Waals surface area contributed by atoms with E-state index in [-0.39, 0.29) is 11.1 Å². The van der Waals surface area contributed by atoms with Crippen molar-refractivity contribution in [1.29, 1.82) is 10.5 Å². The Morgan fingerprint density at radius 2 is 1.79 bits per heavy atom. The quantitative estimate of drug-likeness (QED) is 0.692. The summed E-state index contributed by atoms with van der Waals surface area (Å²) in [6.07, 6.45) is 1.80. The van der Waals surface area contributed by atoms with E-state index in [4.69, 9.17) is 4.74 Å². The van der Waals surface area contributed by atoms with Crippen molar-refractivity contribution >= 4 is 23.0 Å². The molecule has 0 spiro atoms. The minimum absolute atomic E-state index is 0.0989. The van der Waals surface area contributed by atoms with Crippen molar-refractivity contribution in [3.05, 3.63) is 78.7 Å². The predicted octanol–water partition coefficient (Wildman–Crippen LogP) is 2.55. The summed E-state index contributed by atoms with van der Waals surface area (Å²) in [7, 11) is 1.56. The number of aryl methyl sites for hydroxylation is 2. The first-order valence-electron chi connectivity index (χ1n) is 8.48. The number of aromatic nitrogens is 1. The van der Waals surface area contributed by atoms with Crippen molar-refractivity contribution in [2.75, 3.05) is 7.11 Å². The topological polar surface area (TPSA) is 78.8 Å². The number of hydrogen-bond acceptors (Lipinski definition) is 5. The van der Waals surface area contributed by atoms with E-state index < -0.39 is 0 Å². The summed E-state index contributed by atoms with van der Waals surface area (Å²) in [4.78, 5) is 13.1. The molecule has 2 aromatic carbocycles. The molecule has 0 unspecified atom stereocenters. The maximum absolute atomic E-state index is 13.1. The number of ether oxygens (including phenoxy) is 1. The van der Waals surface area contributed by atoms with Gasteiger partial charge in [0.15, 0.2) is 5.57 Å². The van der Waals surface area contributed by atoms with Gasteiger partial charge in [-0.1, -0.05) is 23.8 Å². The predicted molar refractivity (Wildman–Crippen MR) is 110 cm³/mol. The monoisotopic (exact) mass is 387 g/mol. The van der Waals surface area contributed by atoms with Crippen LogP contribution in [0.4, 0.5) is 0 Å². The number of nitriles is 2. The van der Waals surface area contributed by atoms with E-state index >= 15 is 0 Å². The van der Waals surface area contributed by atoms with Gasteiger partial charge in [0.1, 0.15) is 22.6 Å². The highest BCUT2D eigenvalue weighted by molar-refractivity contribution is 7.07. The van der Waals surface area contributed by atoms with Crippen molar-refractivity contribution in [2.24, 2.45) is 0 Å². The molecule has 138 valence electrons. The highest BCUT2D eigenvalue weighted by atomic mass is 32.1. The van der Waals surface area contributed by atoms with E-state index in [0.29, 0.717) is 20.6 Å². The molecule has 28 heavy (non-hydrogen) atoms.